The van der Waals surface area contributed by atoms with Crippen LogP contribution in [0.25, 0.3) is 0 Å². The lowest BCUT2D eigenvalue weighted by molar-refractivity contribution is 0.0482. The molecule has 4 aliphatic rings. The van der Waals surface area contributed by atoms with Gasteiger partial charge < -0.3 is 25.4 Å². The molecular weight excluding hydrogens is 394 g/mol. The van der Waals surface area contributed by atoms with Crippen molar-refractivity contribution in [3.8, 4) is 5.75 Å². The fourth-order valence-corrected chi connectivity index (χ4v) is 4.90. The lowest BCUT2D eigenvalue weighted by atomic mass is 9.89. The number of likely N-dealkylation sites (tertiary alicyclic amines) is 1. The van der Waals surface area contributed by atoms with Crippen molar-refractivity contribution in [3.63, 3.8) is 0 Å². The number of rotatable bonds is 4. The van der Waals surface area contributed by atoms with E-state index in [0.29, 0.717) is 12.1 Å². The van der Waals surface area contributed by atoms with E-state index in [2.05, 4.69) is 30.9 Å². The molecule has 1 aliphatic carbocycles. The molecule has 3 heterocycles. The maximum Gasteiger partial charge on any atom is 0.198 e. The van der Waals surface area contributed by atoms with Crippen LogP contribution in [0.2, 0.25) is 0 Å². The maximum absolute atomic E-state index is 9.75. The Bertz CT molecular complexity index is 853. The molecule has 9 nitrogen and oxygen atoms in total. The zero-order valence-electron chi connectivity index (χ0n) is 17.9. The molecule has 0 spiro atoms. The molecule has 0 amide bonds. The molecule has 1 unspecified atom stereocenters. The van der Waals surface area contributed by atoms with Crippen LogP contribution in [0.15, 0.2) is 51.5 Å². The van der Waals surface area contributed by atoms with Crippen molar-refractivity contribution in [2.24, 2.45) is 15.3 Å². The highest BCUT2D eigenvalue weighted by atomic mass is 16.5. The van der Waals surface area contributed by atoms with Crippen molar-refractivity contribution in [2.45, 2.75) is 62.9 Å². The molecule has 2 fully saturated rings. The van der Waals surface area contributed by atoms with Gasteiger partial charge in [-0.1, -0.05) is 5.22 Å². The minimum atomic E-state index is -0.162. The third-order valence-corrected chi connectivity index (χ3v) is 6.77. The number of nitrogens with zero attached hydrogens (tertiary/aromatic N) is 5. The molecule has 1 atom stereocenters. The topological polar surface area (TPSA) is 97.1 Å². The molecule has 1 saturated heterocycles. The van der Waals surface area contributed by atoms with Gasteiger partial charge in [-0.3, -0.25) is 0 Å². The summed E-state index contributed by atoms with van der Waals surface area (Å²) in [6.07, 6.45) is 7.99. The number of ether oxygens (including phenoxy) is 1. The summed E-state index contributed by atoms with van der Waals surface area (Å²) in [7, 11) is 1.66. The van der Waals surface area contributed by atoms with Crippen LogP contribution >= 0.6 is 0 Å². The Morgan fingerprint density at radius 1 is 1.06 bits per heavy atom. The number of methoxy groups -OCH3 is 1. The van der Waals surface area contributed by atoms with Crippen molar-refractivity contribution < 1.29 is 9.84 Å². The van der Waals surface area contributed by atoms with Crippen molar-refractivity contribution in [1.29, 1.82) is 0 Å². The first-order valence-corrected chi connectivity index (χ1v) is 11.3. The van der Waals surface area contributed by atoms with Crippen molar-refractivity contribution >= 4 is 11.6 Å². The highest BCUT2D eigenvalue weighted by Crippen LogP contribution is 2.30. The van der Waals surface area contributed by atoms with E-state index >= 15 is 0 Å². The van der Waals surface area contributed by atoms with E-state index in [1.165, 1.54) is 12.8 Å². The first-order valence-electron chi connectivity index (χ1n) is 11.3. The monoisotopic (exact) mass is 425 g/mol. The Kier molecular flexibility index (Phi) is 5.78. The molecule has 3 N–H and O–H groups in total. The standard InChI is InChI=1S/C22H31N7O2/c1-31-19-8-6-17(7-9-19)29-21-20(26-27-29)14-23-22(25-21)24-15-2-4-16(5-3-15)28-12-10-18(30)11-13-28/h6-9,14-16,18,21,30H,2-5,10-13H2,1H3,(H2,23,24,25)/t15-,16-,21?. The summed E-state index contributed by atoms with van der Waals surface area (Å²) >= 11 is 0. The van der Waals surface area contributed by atoms with Gasteiger partial charge in [0.25, 0.3) is 0 Å². The first kappa shape index (κ1) is 20.3. The van der Waals surface area contributed by atoms with Gasteiger partial charge in [-0.05, 0) is 62.8 Å². The predicted octanol–water partition coefficient (Wildman–Crippen LogP) is 2.37. The van der Waals surface area contributed by atoms with Crippen LogP contribution in [0.3, 0.4) is 0 Å². The third-order valence-electron chi connectivity index (χ3n) is 6.77. The highest BCUT2D eigenvalue weighted by Gasteiger charge is 2.33. The Hall–Kier alpha value is -2.65. The average Bonchev–Trinajstić information content (AvgIpc) is 3.23. The van der Waals surface area contributed by atoms with Crippen LogP contribution in [0.5, 0.6) is 5.75 Å². The Balaban J connectivity index is 1.15. The highest BCUT2D eigenvalue weighted by molar-refractivity contribution is 5.83. The molecule has 1 aromatic carbocycles. The molecule has 5 rings (SSSR count). The van der Waals surface area contributed by atoms with Crippen LogP contribution in [0.4, 0.5) is 5.69 Å². The van der Waals surface area contributed by atoms with E-state index in [4.69, 9.17) is 4.74 Å². The van der Waals surface area contributed by atoms with Crippen molar-refractivity contribution in [1.82, 2.24) is 15.5 Å². The van der Waals surface area contributed by atoms with Crippen LogP contribution in [-0.4, -0.2) is 60.5 Å². The smallest absolute Gasteiger partial charge is 0.198 e. The van der Waals surface area contributed by atoms with E-state index in [-0.39, 0.29) is 12.3 Å². The number of hydrogen-bond donors (Lipinski definition) is 3. The summed E-state index contributed by atoms with van der Waals surface area (Å²) in [5.74, 6) is 1.59. The van der Waals surface area contributed by atoms with Gasteiger partial charge in [0.1, 0.15) is 11.4 Å². The lowest BCUT2D eigenvalue weighted by Gasteiger charge is -2.40. The summed E-state index contributed by atoms with van der Waals surface area (Å²) in [6.45, 7) is 2.06. The lowest BCUT2D eigenvalue weighted by Crippen LogP contribution is -2.54. The van der Waals surface area contributed by atoms with Gasteiger partial charge in [-0.25, -0.2) is 10.0 Å². The summed E-state index contributed by atoms with van der Waals surface area (Å²) in [6, 6.07) is 8.85. The normalized spacial score (nSPS) is 29.1. The largest absolute Gasteiger partial charge is 0.497 e. The molecule has 0 bridgehead atoms. The number of aliphatic hydroxyl groups is 1. The molecule has 0 aromatic heterocycles. The fraction of sp³-hybridized carbons (Fsp3) is 0.591. The zero-order chi connectivity index (χ0) is 21.2. The van der Waals surface area contributed by atoms with E-state index < -0.39 is 0 Å². The molecule has 9 heteroatoms. The predicted molar refractivity (Wildman–Crippen MR) is 119 cm³/mol. The molecular formula is C22H31N7O2. The first-order chi connectivity index (χ1) is 15.2. The molecule has 1 saturated carbocycles. The summed E-state index contributed by atoms with van der Waals surface area (Å²) < 4.78 is 5.25. The quantitative estimate of drug-likeness (QED) is 0.685. The summed E-state index contributed by atoms with van der Waals surface area (Å²) in [5.41, 5.74) is 1.75. The van der Waals surface area contributed by atoms with Crippen LogP contribution in [0.1, 0.15) is 38.5 Å². The second-order valence-electron chi connectivity index (χ2n) is 8.73. The number of nitrogens with one attached hydrogen (secondary N) is 2. The Labute approximate surface area is 182 Å². The number of benzene rings is 1. The van der Waals surface area contributed by atoms with Gasteiger partial charge in [0.2, 0.25) is 0 Å². The number of aliphatic imine (C=N–C) groups is 1. The van der Waals surface area contributed by atoms with Crippen LogP contribution in [-0.2, 0) is 0 Å². The van der Waals surface area contributed by atoms with Crippen LogP contribution in [0, 0.1) is 0 Å². The third kappa shape index (κ3) is 4.38. The Morgan fingerprint density at radius 3 is 2.52 bits per heavy atom. The summed E-state index contributed by atoms with van der Waals surface area (Å²) in [5, 5.41) is 27.2. The van der Waals surface area contributed by atoms with E-state index in [0.717, 1.165) is 61.9 Å². The van der Waals surface area contributed by atoms with Crippen molar-refractivity contribution in [2.75, 3.05) is 25.2 Å². The van der Waals surface area contributed by atoms with Gasteiger partial charge >= 0.3 is 0 Å². The fourth-order valence-electron chi connectivity index (χ4n) is 4.90. The maximum atomic E-state index is 9.75. The number of piperidine rings is 1. The van der Waals surface area contributed by atoms with Gasteiger partial charge in [0, 0.05) is 25.2 Å². The van der Waals surface area contributed by atoms with E-state index in [1.54, 1.807) is 13.3 Å². The van der Waals surface area contributed by atoms with Crippen LogP contribution < -0.4 is 20.4 Å². The van der Waals surface area contributed by atoms with Crippen molar-refractivity contribution in [3.05, 3.63) is 36.2 Å². The molecule has 0 radical (unpaired) electrons. The molecule has 166 valence electrons. The second kappa shape index (κ2) is 8.84. The average molecular weight is 426 g/mol. The molecule has 3 aliphatic heterocycles. The molecule has 1 aromatic rings. The van der Waals surface area contributed by atoms with Gasteiger partial charge in [-0.2, -0.15) is 0 Å². The van der Waals surface area contributed by atoms with Gasteiger partial charge in [-0.15, -0.1) is 5.11 Å². The van der Waals surface area contributed by atoms with E-state index in [1.807, 2.05) is 29.3 Å². The zero-order valence-corrected chi connectivity index (χ0v) is 17.9. The van der Waals surface area contributed by atoms with E-state index in [9.17, 15) is 5.11 Å². The summed E-state index contributed by atoms with van der Waals surface area (Å²) in [4.78, 5) is 7.10. The number of hydrogen-bond acceptors (Lipinski definition) is 9. The minimum absolute atomic E-state index is 0.103. The van der Waals surface area contributed by atoms with Gasteiger partial charge in [0.05, 0.1) is 25.1 Å². The molecule has 31 heavy (non-hydrogen) atoms. The number of fused-ring (bicyclic) bond motifs is 1. The Morgan fingerprint density at radius 2 is 1.81 bits per heavy atom. The van der Waals surface area contributed by atoms with Gasteiger partial charge in [0.15, 0.2) is 12.1 Å². The minimum Gasteiger partial charge on any atom is -0.497 e. The number of guanidine groups is 1. The second-order valence-corrected chi connectivity index (χ2v) is 8.73. The SMILES string of the molecule is COc1ccc(N2N=NC3=CN=C(N[C@H]4CC[C@H](N5CCC(O)CC5)CC4)NC32)cc1. The number of anilines is 1. The number of aliphatic hydroxyl groups excluding tert-OH is 1.